The zero-order valence-corrected chi connectivity index (χ0v) is 13.8. The third-order valence-corrected chi connectivity index (χ3v) is 3.38. The lowest BCUT2D eigenvalue weighted by atomic mass is 10.1. The second-order valence-corrected chi connectivity index (χ2v) is 6.37. The van der Waals surface area contributed by atoms with Crippen LogP contribution in [0, 0.1) is 0 Å². The monoisotopic (exact) mass is 333 g/mol. The fourth-order valence-corrected chi connectivity index (χ4v) is 2.04. The molecule has 0 saturated carbocycles. The molecule has 0 radical (unpaired) electrons. The van der Waals surface area contributed by atoms with Crippen LogP contribution in [0.25, 0.3) is 0 Å². The molecule has 2 rings (SSSR count). The normalized spacial score (nSPS) is 11.1. The van der Waals surface area contributed by atoms with Gasteiger partial charge in [0.25, 0.3) is 5.91 Å². The number of halogens is 1. The van der Waals surface area contributed by atoms with Gasteiger partial charge in [0, 0.05) is 22.8 Å². The number of hydrogen-bond donors (Lipinski definition) is 4. The number of carbonyl (C=O) groups is 1. The first-order valence-corrected chi connectivity index (χ1v) is 7.55. The average Bonchev–Trinajstić information content (AvgIpc) is 2.46. The van der Waals surface area contributed by atoms with Gasteiger partial charge in [-0.25, -0.2) is 0 Å². The Bertz CT molecular complexity index is 694. The van der Waals surface area contributed by atoms with Crippen molar-refractivity contribution >= 4 is 34.6 Å². The third kappa shape index (κ3) is 5.16. The first-order chi connectivity index (χ1) is 10.7. The maximum Gasteiger partial charge on any atom is 0.255 e. The largest absolute Gasteiger partial charge is 0.397 e. The van der Waals surface area contributed by atoms with Gasteiger partial charge in [0.2, 0.25) is 0 Å². The van der Waals surface area contributed by atoms with Crippen molar-refractivity contribution in [1.82, 2.24) is 0 Å². The molecule has 0 atom stereocenters. The summed E-state index contributed by atoms with van der Waals surface area (Å²) in [7, 11) is 0. The number of anilines is 3. The van der Waals surface area contributed by atoms with Crippen LogP contribution in [0.3, 0.4) is 0 Å². The van der Waals surface area contributed by atoms with Gasteiger partial charge in [-0.2, -0.15) is 0 Å². The van der Waals surface area contributed by atoms with Gasteiger partial charge < -0.3 is 21.5 Å². The van der Waals surface area contributed by atoms with Gasteiger partial charge in [-0.05, 0) is 56.3 Å². The van der Waals surface area contributed by atoms with E-state index in [1.165, 1.54) is 0 Å². The summed E-state index contributed by atoms with van der Waals surface area (Å²) in [6, 6.07) is 11.8. The van der Waals surface area contributed by atoms with E-state index in [1.54, 1.807) is 56.3 Å². The molecular weight excluding hydrogens is 314 g/mol. The van der Waals surface area contributed by atoms with Crippen molar-refractivity contribution < 1.29 is 9.90 Å². The van der Waals surface area contributed by atoms with Gasteiger partial charge >= 0.3 is 0 Å². The Labute approximate surface area is 140 Å². The molecule has 5 nitrogen and oxygen atoms in total. The SMILES string of the molecule is CC(C)(O)CNc1ccc(NC(=O)c2ccc(Cl)cc2)cc1N. The number of aliphatic hydroxyl groups is 1. The van der Waals surface area contributed by atoms with E-state index in [2.05, 4.69) is 10.6 Å². The Morgan fingerprint density at radius 3 is 2.43 bits per heavy atom. The smallest absolute Gasteiger partial charge is 0.255 e. The molecule has 0 aliphatic heterocycles. The molecule has 0 unspecified atom stereocenters. The minimum Gasteiger partial charge on any atom is -0.397 e. The number of nitrogens with one attached hydrogen (secondary N) is 2. The van der Waals surface area contributed by atoms with Crippen molar-refractivity contribution in [3.05, 3.63) is 53.1 Å². The van der Waals surface area contributed by atoms with Crippen LogP contribution in [0.1, 0.15) is 24.2 Å². The van der Waals surface area contributed by atoms with E-state index >= 15 is 0 Å². The molecule has 6 heteroatoms. The minimum absolute atomic E-state index is 0.238. The van der Waals surface area contributed by atoms with Crippen LogP contribution in [-0.4, -0.2) is 23.2 Å². The first-order valence-electron chi connectivity index (χ1n) is 7.17. The molecule has 0 fully saturated rings. The molecule has 0 saturated heterocycles. The van der Waals surface area contributed by atoms with E-state index < -0.39 is 5.60 Å². The number of nitrogen functional groups attached to an aromatic ring is 1. The molecule has 1 amide bonds. The first kappa shape index (κ1) is 17.1. The predicted octanol–water partition coefficient (Wildman–Crippen LogP) is 3.36. The molecule has 0 spiro atoms. The molecule has 2 aromatic rings. The Kier molecular flexibility index (Phi) is 5.13. The van der Waals surface area contributed by atoms with Crippen LogP contribution in [0.2, 0.25) is 5.02 Å². The Morgan fingerprint density at radius 1 is 1.22 bits per heavy atom. The van der Waals surface area contributed by atoms with Crippen LogP contribution >= 0.6 is 11.6 Å². The highest BCUT2D eigenvalue weighted by molar-refractivity contribution is 6.30. The minimum atomic E-state index is -0.839. The van der Waals surface area contributed by atoms with Crippen molar-refractivity contribution in [2.24, 2.45) is 0 Å². The van der Waals surface area contributed by atoms with Gasteiger partial charge in [0.15, 0.2) is 0 Å². The highest BCUT2D eigenvalue weighted by Crippen LogP contribution is 2.24. The third-order valence-electron chi connectivity index (χ3n) is 3.13. The van der Waals surface area contributed by atoms with Gasteiger partial charge in [-0.15, -0.1) is 0 Å². The van der Waals surface area contributed by atoms with Gasteiger partial charge in [0.05, 0.1) is 17.0 Å². The lowest BCUT2D eigenvalue weighted by molar-refractivity contribution is 0.0945. The molecule has 23 heavy (non-hydrogen) atoms. The van der Waals surface area contributed by atoms with E-state index in [0.717, 1.165) is 0 Å². The fraction of sp³-hybridized carbons (Fsp3) is 0.235. The summed E-state index contributed by atoms with van der Waals surface area (Å²) < 4.78 is 0. The van der Waals surface area contributed by atoms with Gasteiger partial charge in [-0.3, -0.25) is 4.79 Å². The second-order valence-electron chi connectivity index (χ2n) is 5.93. The molecule has 0 aliphatic rings. The quantitative estimate of drug-likeness (QED) is 0.632. The average molecular weight is 334 g/mol. The predicted molar refractivity (Wildman–Crippen MR) is 95.0 cm³/mol. The van der Waals surface area contributed by atoms with E-state index in [4.69, 9.17) is 17.3 Å². The number of benzene rings is 2. The van der Waals surface area contributed by atoms with Gasteiger partial charge in [0.1, 0.15) is 0 Å². The fourth-order valence-electron chi connectivity index (χ4n) is 1.92. The Balaban J connectivity index is 2.05. The summed E-state index contributed by atoms with van der Waals surface area (Å²) in [5, 5.41) is 16.1. The molecule has 2 aromatic carbocycles. The van der Waals surface area contributed by atoms with E-state index in [-0.39, 0.29) is 5.91 Å². The zero-order valence-electron chi connectivity index (χ0n) is 13.1. The molecule has 0 aromatic heterocycles. The van der Waals surface area contributed by atoms with Crippen molar-refractivity contribution in [3.63, 3.8) is 0 Å². The summed E-state index contributed by atoms with van der Waals surface area (Å²) >= 11 is 5.80. The Morgan fingerprint density at radius 2 is 1.87 bits per heavy atom. The molecule has 0 aliphatic carbocycles. The van der Waals surface area contributed by atoms with Crippen LogP contribution in [-0.2, 0) is 0 Å². The summed E-state index contributed by atoms with van der Waals surface area (Å²) in [6.45, 7) is 3.78. The van der Waals surface area contributed by atoms with Gasteiger partial charge in [-0.1, -0.05) is 11.6 Å². The lowest BCUT2D eigenvalue weighted by Crippen LogP contribution is -2.29. The van der Waals surface area contributed by atoms with Crippen molar-refractivity contribution in [3.8, 4) is 0 Å². The summed E-state index contributed by atoms with van der Waals surface area (Å²) in [5.41, 5.74) is 7.43. The van der Waals surface area contributed by atoms with Crippen molar-refractivity contribution in [2.45, 2.75) is 19.4 Å². The highest BCUT2D eigenvalue weighted by Gasteiger charge is 2.13. The van der Waals surface area contributed by atoms with E-state index in [9.17, 15) is 9.90 Å². The molecule has 0 heterocycles. The number of nitrogens with two attached hydrogens (primary N) is 1. The van der Waals surface area contributed by atoms with E-state index in [1.807, 2.05) is 0 Å². The number of carbonyl (C=O) groups excluding carboxylic acids is 1. The topological polar surface area (TPSA) is 87.4 Å². The zero-order chi connectivity index (χ0) is 17.0. The summed E-state index contributed by atoms with van der Waals surface area (Å²) in [5.74, 6) is -0.238. The number of amides is 1. The van der Waals surface area contributed by atoms with Crippen LogP contribution in [0.5, 0.6) is 0 Å². The second kappa shape index (κ2) is 6.89. The lowest BCUT2D eigenvalue weighted by Gasteiger charge is -2.19. The van der Waals surface area contributed by atoms with Crippen LogP contribution in [0.4, 0.5) is 17.1 Å². The standard InChI is InChI=1S/C17H20ClN3O2/c1-17(2,23)10-20-15-8-7-13(9-14(15)19)21-16(22)11-3-5-12(18)6-4-11/h3-9,20,23H,10,19H2,1-2H3,(H,21,22). The van der Waals surface area contributed by atoms with Crippen molar-refractivity contribution in [1.29, 1.82) is 0 Å². The number of rotatable bonds is 5. The maximum absolute atomic E-state index is 12.1. The molecule has 5 N–H and O–H groups in total. The van der Waals surface area contributed by atoms with Crippen LogP contribution < -0.4 is 16.4 Å². The van der Waals surface area contributed by atoms with Crippen molar-refractivity contribution in [2.75, 3.05) is 22.9 Å². The number of hydrogen-bond acceptors (Lipinski definition) is 4. The highest BCUT2D eigenvalue weighted by atomic mass is 35.5. The summed E-state index contributed by atoms with van der Waals surface area (Å²) in [6.07, 6.45) is 0. The summed E-state index contributed by atoms with van der Waals surface area (Å²) in [4.78, 5) is 12.1. The molecule has 122 valence electrons. The van der Waals surface area contributed by atoms with E-state index in [0.29, 0.717) is 34.2 Å². The molecule has 0 bridgehead atoms. The van der Waals surface area contributed by atoms with Crippen LogP contribution in [0.15, 0.2) is 42.5 Å². The molecular formula is C17H20ClN3O2. The Hall–Kier alpha value is -2.24. The maximum atomic E-state index is 12.1.